The van der Waals surface area contributed by atoms with Gasteiger partial charge in [-0.25, -0.2) is 4.90 Å². The third-order valence-electron chi connectivity index (χ3n) is 7.85. The molecular formula is C24H21Cl2N3O3. The molecule has 4 aliphatic rings. The van der Waals surface area contributed by atoms with E-state index >= 15 is 0 Å². The molecule has 0 saturated carbocycles. The number of halogens is 2. The van der Waals surface area contributed by atoms with E-state index in [0.717, 1.165) is 35.2 Å². The first kappa shape index (κ1) is 20.2. The Bertz CT molecular complexity index is 1250. The van der Waals surface area contributed by atoms with E-state index in [4.69, 9.17) is 23.2 Å². The Morgan fingerprint density at radius 1 is 1.06 bits per heavy atom. The summed E-state index contributed by atoms with van der Waals surface area (Å²) in [6.07, 6.45) is 1.66. The Kier molecular flexibility index (Phi) is 4.15. The van der Waals surface area contributed by atoms with Crippen LogP contribution in [0.5, 0.6) is 0 Å². The molecule has 0 aromatic heterocycles. The predicted molar refractivity (Wildman–Crippen MR) is 122 cm³/mol. The fourth-order valence-corrected chi connectivity index (χ4v) is 6.91. The molecular weight excluding hydrogens is 449 g/mol. The van der Waals surface area contributed by atoms with E-state index in [-0.39, 0.29) is 28.8 Å². The molecule has 3 saturated heterocycles. The first-order chi connectivity index (χ1) is 15.3. The summed E-state index contributed by atoms with van der Waals surface area (Å²) in [5, 5.41) is 3.73. The highest BCUT2D eigenvalue weighted by Crippen LogP contribution is 2.61. The fraction of sp³-hybridized carbons (Fsp3) is 0.375. The number of hydrogen-bond acceptors (Lipinski definition) is 4. The van der Waals surface area contributed by atoms with Crippen molar-refractivity contribution in [1.29, 1.82) is 0 Å². The van der Waals surface area contributed by atoms with Gasteiger partial charge in [0.1, 0.15) is 5.54 Å². The van der Waals surface area contributed by atoms with Gasteiger partial charge in [0.15, 0.2) is 0 Å². The van der Waals surface area contributed by atoms with Crippen LogP contribution in [-0.4, -0.2) is 35.2 Å². The summed E-state index contributed by atoms with van der Waals surface area (Å²) in [5.74, 6) is -2.26. The van der Waals surface area contributed by atoms with Gasteiger partial charge in [-0.1, -0.05) is 35.3 Å². The molecule has 4 atom stereocenters. The van der Waals surface area contributed by atoms with Crippen LogP contribution in [-0.2, 0) is 19.9 Å². The maximum atomic E-state index is 13.9. The van der Waals surface area contributed by atoms with Crippen LogP contribution in [0.15, 0.2) is 30.3 Å². The molecule has 1 spiro atoms. The molecule has 2 aromatic rings. The fourth-order valence-electron chi connectivity index (χ4n) is 6.42. The average molecular weight is 470 g/mol. The standard InChI is InChI=1S/C24H21Cl2N3O3/c1-11-5-7-14-20(12(11)2)27-23(32)24(14)19-18(17-4-3-9-28(17)24)21(30)29(22(19)31)16-8-6-13(25)10-15(16)26/h5-8,10,17-19H,3-4,9H2,1-2H3,(H,27,32)/t17-,18+,19-,24-/m0/s1. The van der Waals surface area contributed by atoms with Gasteiger partial charge in [-0.3, -0.25) is 19.3 Å². The lowest BCUT2D eigenvalue weighted by molar-refractivity contribution is -0.135. The lowest BCUT2D eigenvalue weighted by Crippen LogP contribution is -2.54. The van der Waals surface area contributed by atoms with Crippen LogP contribution in [0.3, 0.4) is 0 Å². The van der Waals surface area contributed by atoms with E-state index in [0.29, 0.717) is 17.3 Å². The monoisotopic (exact) mass is 469 g/mol. The second-order valence-electron chi connectivity index (χ2n) is 9.16. The van der Waals surface area contributed by atoms with Crippen LogP contribution in [0.2, 0.25) is 10.0 Å². The van der Waals surface area contributed by atoms with Crippen LogP contribution < -0.4 is 10.2 Å². The van der Waals surface area contributed by atoms with Gasteiger partial charge in [-0.05, 0) is 62.6 Å². The third kappa shape index (κ3) is 2.23. The zero-order valence-electron chi connectivity index (χ0n) is 17.6. The van der Waals surface area contributed by atoms with Crippen LogP contribution in [0.4, 0.5) is 11.4 Å². The van der Waals surface area contributed by atoms with Gasteiger partial charge in [0.2, 0.25) is 17.7 Å². The van der Waals surface area contributed by atoms with Gasteiger partial charge < -0.3 is 5.32 Å². The largest absolute Gasteiger partial charge is 0.324 e. The number of hydrogen-bond donors (Lipinski definition) is 1. The smallest absolute Gasteiger partial charge is 0.250 e. The molecule has 1 N–H and O–H groups in total. The number of benzene rings is 2. The maximum Gasteiger partial charge on any atom is 0.250 e. The van der Waals surface area contributed by atoms with Gasteiger partial charge >= 0.3 is 0 Å². The summed E-state index contributed by atoms with van der Waals surface area (Å²) < 4.78 is 0. The molecule has 164 valence electrons. The number of anilines is 2. The summed E-state index contributed by atoms with van der Waals surface area (Å²) in [7, 11) is 0. The molecule has 0 bridgehead atoms. The van der Waals surface area contributed by atoms with Crippen molar-refractivity contribution in [2.45, 2.75) is 38.3 Å². The van der Waals surface area contributed by atoms with Gasteiger partial charge in [-0.2, -0.15) is 0 Å². The summed E-state index contributed by atoms with van der Waals surface area (Å²) in [6.45, 7) is 4.65. The second-order valence-corrected chi connectivity index (χ2v) is 10.0. The van der Waals surface area contributed by atoms with Crippen molar-refractivity contribution in [1.82, 2.24) is 4.90 Å². The molecule has 8 heteroatoms. The number of aryl methyl sites for hydroxylation is 1. The number of imide groups is 1. The van der Waals surface area contributed by atoms with Crippen molar-refractivity contribution < 1.29 is 14.4 Å². The Balaban J connectivity index is 1.57. The van der Waals surface area contributed by atoms with E-state index in [1.165, 1.54) is 11.0 Å². The number of nitrogens with one attached hydrogen (secondary N) is 1. The number of fused-ring (bicyclic) bond motifs is 7. The molecule has 32 heavy (non-hydrogen) atoms. The van der Waals surface area contributed by atoms with Crippen LogP contribution in [0, 0.1) is 25.7 Å². The molecule has 0 unspecified atom stereocenters. The molecule has 4 aliphatic heterocycles. The Labute approximate surface area is 195 Å². The molecule has 3 fully saturated rings. The van der Waals surface area contributed by atoms with Crippen molar-refractivity contribution >= 4 is 52.3 Å². The molecule has 0 aliphatic carbocycles. The summed E-state index contributed by atoms with van der Waals surface area (Å²) in [4.78, 5) is 44.7. The van der Waals surface area contributed by atoms with Gasteiger partial charge in [0, 0.05) is 22.3 Å². The normalized spacial score (nSPS) is 30.8. The van der Waals surface area contributed by atoms with E-state index in [9.17, 15) is 14.4 Å². The van der Waals surface area contributed by atoms with E-state index in [1.54, 1.807) is 12.1 Å². The van der Waals surface area contributed by atoms with E-state index in [2.05, 4.69) is 10.2 Å². The average Bonchev–Trinajstić information content (AvgIpc) is 3.45. The minimum absolute atomic E-state index is 0.161. The van der Waals surface area contributed by atoms with Crippen molar-refractivity contribution in [3.8, 4) is 0 Å². The van der Waals surface area contributed by atoms with Crippen molar-refractivity contribution in [2.75, 3.05) is 16.8 Å². The first-order valence-corrected chi connectivity index (χ1v) is 11.6. The zero-order chi connectivity index (χ0) is 22.5. The Hall–Kier alpha value is -2.41. The molecule has 4 heterocycles. The number of carbonyl (C=O) groups excluding carboxylic acids is 3. The SMILES string of the molecule is Cc1ccc2c(c1C)NC(=O)[C@@]21[C@@H]2C(=O)N(c3ccc(Cl)cc3Cl)C(=O)[C@@H]2[C@@H]2CCCN21. The van der Waals surface area contributed by atoms with Gasteiger partial charge in [-0.15, -0.1) is 0 Å². The third-order valence-corrected chi connectivity index (χ3v) is 8.39. The zero-order valence-corrected chi connectivity index (χ0v) is 19.1. The quantitative estimate of drug-likeness (QED) is 0.639. The molecule has 0 radical (unpaired) electrons. The number of rotatable bonds is 1. The molecule has 6 rings (SSSR count). The van der Waals surface area contributed by atoms with Crippen molar-refractivity contribution in [3.63, 3.8) is 0 Å². The van der Waals surface area contributed by atoms with E-state index in [1.807, 2.05) is 26.0 Å². The Morgan fingerprint density at radius 2 is 1.84 bits per heavy atom. The first-order valence-electron chi connectivity index (χ1n) is 10.8. The maximum absolute atomic E-state index is 13.9. The van der Waals surface area contributed by atoms with Crippen LogP contribution >= 0.6 is 23.2 Å². The predicted octanol–water partition coefficient (Wildman–Crippen LogP) is 4.04. The van der Waals surface area contributed by atoms with Crippen molar-refractivity contribution in [3.05, 3.63) is 57.1 Å². The van der Waals surface area contributed by atoms with Gasteiger partial charge in [0.25, 0.3) is 0 Å². The van der Waals surface area contributed by atoms with Gasteiger partial charge in [0.05, 0.1) is 22.5 Å². The minimum atomic E-state index is -1.18. The van der Waals surface area contributed by atoms with Crippen LogP contribution in [0.25, 0.3) is 0 Å². The molecule has 2 aromatic carbocycles. The second kappa shape index (κ2) is 6.56. The van der Waals surface area contributed by atoms with E-state index < -0.39 is 17.4 Å². The number of nitrogens with zero attached hydrogens (tertiary/aromatic N) is 2. The highest BCUT2D eigenvalue weighted by molar-refractivity contribution is 6.38. The summed E-state index contributed by atoms with van der Waals surface area (Å²) in [6, 6.07) is 8.50. The lowest BCUT2D eigenvalue weighted by atomic mass is 9.75. The topological polar surface area (TPSA) is 69.7 Å². The highest BCUT2D eigenvalue weighted by Gasteiger charge is 2.74. The number of amides is 3. The summed E-state index contributed by atoms with van der Waals surface area (Å²) in [5.41, 5.74) is 2.76. The lowest BCUT2D eigenvalue weighted by Gasteiger charge is -2.36. The van der Waals surface area contributed by atoms with Crippen molar-refractivity contribution in [2.24, 2.45) is 11.8 Å². The Morgan fingerprint density at radius 3 is 2.59 bits per heavy atom. The highest BCUT2D eigenvalue weighted by atomic mass is 35.5. The summed E-state index contributed by atoms with van der Waals surface area (Å²) >= 11 is 12.4. The van der Waals surface area contributed by atoms with Crippen LogP contribution in [0.1, 0.15) is 29.5 Å². The molecule has 3 amide bonds. The minimum Gasteiger partial charge on any atom is -0.324 e. The molecule has 6 nitrogen and oxygen atoms in total. The number of carbonyl (C=O) groups is 3.